The second kappa shape index (κ2) is 10.1. The van der Waals surface area contributed by atoms with Crippen LogP contribution in [0, 0.1) is 0 Å². The minimum Gasteiger partial charge on any atom is -0.449 e. The Kier molecular flexibility index (Phi) is 6.98. The number of carbonyl (C=O) groups excluding carboxylic acids is 2. The van der Waals surface area contributed by atoms with Crippen molar-refractivity contribution < 1.29 is 22.7 Å². The number of carbonyl (C=O) groups is 2. The van der Waals surface area contributed by atoms with Gasteiger partial charge in [-0.05, 0) is 55.7 Å². The van der Waals surface area contributed by atoms with Gasteiger partial charge in [-0.3, -0.25) is 9.10 Å². The third kappa shape index (κ3) is 5.63. The van der Waals surface area contributed by atoms with E-state index < -0.39 is 22.1 Å². The molecule has 0 bridgehead atoms. The summed E-state index contributed by atoms with van der Waals surface area (Å²) in [5.74, 6) is -1.12. The largest absolute Gasteiger partial charge is 0.449 e. The van der Waals surface area contributed by atoms with Crippen LogP contribution < -0.4 is 9.62 Å². The zero-order valence-electron chi connectivity index (χ0n) is 18.8. The van der Waals surface area contributed by atoms with Crippen molar-refractivity contribution in [2.45, 2.75) is 43.4 Å². The van der Waals surface area contributed by atoms with Crippen molar-refractivity contribution >= 4 is 27.6 Å². The average Bonchev–Trinajstić information content (AvgIpc) is 3.67. The maximum absolute atomic E-state index is 13.7. The minimum absolute atomic E-state index is 0.0446. The Balaban J connectivity index is 1.59. The van der Waals surface area contributed by atoms with Crippen LogP contribution >= 0.6 is 0 Å². The predicted octanol–water partition coefficient (Wildman–Crippen LogP) is 3.91. The number of sulfonamides is 1. The van der Waals surface area contributed by atoms with E-state index in [0.29, 0.717) is 5.69 Å². The third-order valence-electron chi connectivity index (χ3n) is 5.45. The van der Waals surface area contributed by atoms with Crippen LogP contribution in [0.1, 0.15) is 35.7 Å². The lowest BCUT2D eigenvalue weighted by Gasteiger charge is -2.25. The van der Waals surface area contributed by atoms with Gasteiger partial charge < -0.3 is 10.1 Å². The highest BCUT2D eigenvalue weighted by Crippen LogP contribution is 2.26. The van der Waals surface area contributed by atoms with Gasteiger partial charge in [0, 0.05) is 6.04 Å². The zero-order valence-corrected chi connectivity index (χ0v) is 19.6. The van der Waals surface area contributed by atoms with Gasteiger partial charge >= 0.3 is 5.97 Å². The van der Waals surface area contributed by atoms with Crippen molar-refractivity contribution in [3.8, 4) is 0 Å². The molecule has 0 aliphatic heterocycles. The van der Waals surface area contributed by atoms with E-state index in [1.54, 1.807) is 24.3 Å². The summed E-state index contributed by atoms with van der Waals surface area (Å²) < 4.78 is 33.9. The molecule has 0 heterocycles. The van der Waals surface area contributed by atoms with E-state index in [-0.39, 0.29) is 29.0 Å². The average molecular weight is 479 g/mol. The summed E-state index contributed by atoms with van der Waals surface area (Å²) in [4.78, 5) is 24.7. The molecule has 0 radical (unpaired) electrons. The summed E-state index contributed by atoms with van der Waals surface area (Å²) in [6.07, 6.45) is 0.868. The molecule has 1 saturated carbocycles. The topological polar surface area (TPSA) is 92.8 Å². The standard InChI is InChI=1S/C26H26N2O5S/c1-19(25(29)27-22-15-16-22)33-26(30)21-11-8-14-24(17-21)34(31,32)28(23-12-6-3-7-13-23)18-20-9-4-2-5-10-20/h2-14,17,19,22H,15-16,18H2,1H3,(H,27,29). The summed E-state index contributed by atoms with van der Waals surface area (Å²) in [6.45, 7) is 1.62. The summed E-state index contributed by atoms with van der Waals surface area (Å²) in [5, 5.41) is 2.78. The number of benzene rings is 3. The molecule has 1 N–H and O–H groups in total. The van der Waals surface area contributed by atoms with E-state index in [1.807, 2.05) is 36.4 Å². The number of nitrogens with one attached hydrogen (secondary N) is 1. The maximum Gasteiger partial charge on any atom is 0.338 e. The molecule has 4 rings (SSSR count). The van der Waals surface area contributed by atoms with E-state index in [2.05, 4.69) is 5.32 Å². The van der Waals surface area contributed by atoms with Gasteiger partial charge in [0.2, 0.25) is 0 Å². The Bertz CT molecular complexity index is 1260. The van der Waals surface area contributed by atoms with E-state index in [4.69, 9.17) is 4.74 Å². The van der Waals surface area contributed by atoms with Crippen molar-refractivity contribution in [1.82, 2.24) is 5.32 Å². The van der Waals surface area contributed by atoms with Gasteiger partial charge in [-0.15, -0.1) is 0 Å². The van der Waals surface area contributed by atoms with E-state index in [9.17, 15) is 18.0 Å². The second-order valence-corrected chi connectivity index (χ2v) is 10.1. The Morgan fingerprint density at radius 2 is 1.62 bits per heavy atom. The van der Waals surface area contributed by atoms with E-state index >= 15 is 0 Å². The van der Waals surface area contributed by atoms with Crippen LogP contribution in [-0.2, 0) is 26.1 Å². The number of esters is 1. The molecule has 7 nitrogen and oxygen atoms in total. The van der Waals surface area contributed by atoms with E-state index in [0.717, 1.165) is 18.4 Å². The number of ether oxygens (including phenoxy) is 1. The van der Waals surface area contributed by atoms with Gasteiger partial charge in [0.1, 0.15) is 0 Å². The Morgan fingerprint density at radius 3 is 2.26 bits per heavy atom. The molecule has 3 aromatic carbocycles. The Morgan fingerprint density at radius 1 is 0.971 bits per heavy atom. The number of para-hydroxylation sites is 1. The number of anilines is 1. The molecule has 1 amide bonds. The normalized spacial score (nSPS) is 14.1. The van der Waals surface area contributed by atoms with Gasteiger partial charge in [0.25, 0.3) is 15.9 Å². The first-order valence-electron chi connectivity index (χ1n) is 11.1. The number of nitrogens with zero attached hydrogens (tertiary/aromatic N) is 1. The monoisotopic (exact) mass is 478 g/mol. The van der Waals surface area contributed by atoms with Crippen LogP contribution in [0.5, 0.6) is 0 Å². The molecule has 1 unspecified atom stereocenters. The van der Waals surface area contributed by atoms with Crippen LogP contribution in [0.3, 0.4) is 0 Å². The quantitative estimate of drug-likeness (QED) is 0.471. The molecular formula is C26H26N2O5S. The number of rotatable bonds is 9. The maximum atomic E-state index is 13.7. The lowest BCUT2D eigenvalue weighted by atomic mass is 10.2. The lowest BCUT2D eigenvalue weighted by molar-refractivity contribution is -0.129. The second-order valence-electron chi connectivity index (χ2n) is 8.19. The summed E-state index contributed by atoms with van der Waals surface area (Å²) in [7, 11) is -4.01. The van der Waals surface area contributed by atoms with Crippen LogP contribution in [0.4, 0.5) is 5.69 Å². The molecule has 8 heteroatoms. The fourth-order valence-corrected chi connectivity index (χ4v) is 4.90. The molecule has 176 valence electrons. The first kappa shape index (κ1) is 23.5. The minimum atomic E-state index is -4.01. The van der Waals surface area contributed by atoms with Crippen molar-refractivity contribution in [1.29, 1.82) is 0 Å². The van der Waals surface area contributed by atoms with Crippen molar-refractivity contribution in [3.05, 3.63) is 96.1 Å². The summed E-state index contributed by atoms with van der Waals surface area (Å²) in [5.41, 5.74) is 1.38. The first-order chi connectivity index (χ1) is 16.3. The van der Waals surface area contributed by atoms with Crippen LogP contribution in [0.25, 0.3) is 0 Å². The molecular weight excluding hydrogens is 452 g/mol. The smallest absolute Gasteiger partial charge is 0.338 e. The fraction of sp³-hybridized carbons (Fsp3) is 0.231. The van der Waals surface area contributed by atoms with Crippen molar-refractivity contribution in [2.24, 2.45) is 0 Å². The number of hydrogen-bond donors (Lipinski definition) is 1. The van der Waals surface area contributed by atoms with Gasteiger partial charge in [-0.2, -0.15) is 0 Å². The number of amides is 1. The highest BCUT2D eigenvalue weighted by Gasteiger charge is 2.29. The number of hydrogen-bond acceptors (Lipinski definition) is 5. The molecule has 1 atom stereocenters. The summed E-state index contributed by atoms with van der Waals surface area (Å²) >= 11 is 0. The molecule has 3 aromatic rings. The molecule has 1 aliphatic carbocycles. The van der Waals surface area contributed by atoms with Crippen molar-refractivity contribution in [2.75, 3.05) is 4.31 Å². The molecule has 1 fully saturated rings. The molecule has 34 heavy (non-hydrogen) atoms. The third-order valence-corrected chi connectivity index (χ3v) is 7.22. The zero-order chi connectivity index (χ0) is 24.1. The lowest BCUT2D eigenvalue weighted by Crippen LogP contribution is -2.37. The van der Waals surface area contributed by atoms with Crippen LogP contribution in [0.2, 0.25) is 0 Å². The van der Waals surface area contributed by atoms with Gasteiger partial charge in [0.15, 0.2) is 6.10 Å². The Labute approximate surface area is 199 Å². The first-order valence-corrected chi connectivity index (χ1v) is 12.5. The van der Waals surface area contributed by atoms with Gasteiger partial charge in [-0.1, -0.05) is 54.6 Å². The Hall–Kier alpha value is -3.65. The van der Waals surface area contributed by atoms with Crippen LogP contribution in [-0.4, -0.2) is 32.4 Å². The molecule has 0 aromatic heterocycles. The molecule has 1 aliphatic rings. The molecule has 0 saturated heterocycles. The SMILES string of the molecule is CC(OC(=O)c1cccc(S(=O)(=O)N(Cc2ccccc2)c2ccccc2)c1)C(=O)NC1CC1. The predicted molar refractivity (Wildman–Crippen MR) is 129 cm³/mol. The highest BCUT2D eigenvalue weighted by atomic mass is 32.2. The van der Waals surface area contributed by atoms with Gasteiger partial charge in [0.05, 0.1) is 22.7 Å². The fourth-order valence-electron chi connectivity index (χ4n) is 3.40. The highest BCUT2D eigenvalue weighted by molar-refractivity contribution is 7.92. The van der Waals surface area contributed by atoms with Crippen LogP contribution in [0.15, 0.2) is 89.8 Å². The summed E-state index contributed by atoms with van der Waals surface area (Å²) in [6, 6.07) is 23.9. The van der Waals surface area contributed by atoms with E-state index in [1.165, 1.54) is 35.5 Å². The molecule has 0 spiro atoms. The van der Waals surface area contributed by atoms with Crippen molar-refractivity contribution in [3.63, 3.8) is 0 Å². The van der Waals surface area contributed by atoms with Gasteiger partial charge in [-0.25, -0.2) is 13.2 Å².